The predicted octanol–water partition coefficient (Wildman–Crippen LogP) is 2.55. The molecule has 0 aromatic carbocycles. The third-order valence-electron chi connectivity index (χ3n) is 4.00. The quantitative estimate of drug-likeness (QED) is 0.877. The Hall–Kier alpha value is -1.85. The van der Waals surface area contributed by atoms with E-state index in [9.17, 15) is 0 Å². The van der Waals surface area contributed by atoms with E-state index < -0.39 is 0 Å². The molecule has 0 saturated heterocycles. The van der Waals surface area contributed by atoms with Crippen molar-refractivity contribution in [3.8, 4) is 0 Å². The van der Waals surface area contributed by atoms with Crippen LogP contribution in [0.4, 0.5) is 11.8 Å². The normalized spacial score (nSPS) is 15.9. The lowest BCUT2D eigenvalue weighted by atomic mass is 10.2. The van der Waals surface area contributed by atoms with Crippen molar-refractivity contribution in [2.45, 2.75) is 45.6 Å². The molecule has 1 aliphatic carbocycles. The smallest absolute Gasteiger partial charge is 0.226 e. The van der Waals surface area contributed by atoms with Gasteiger partial charge >= 0.3 is 0 Å². The standard InChI is InChI=1S/C14H22N6/c1-3-15-14-17-12-11(9-16-19-12)13(18-14)20(4-2)10-7-5-6-8-10/h9-10H,3-8H2,1-2H3,(H2,15,16,17,18,19). The van der Waals surface area contributed by atoms with Crippen LogP contribution in [0.15, 0.2) is 6.20 Å². The highest BCUT2D eigenvalue weighted by molar-refractivity contribution is 5.87. The molecule has 2 aromatic rings. The van der Waals surface area contributed by atoms with Crippen LogP contribution in [0.2, 0.25) is 0 Å². The summed E-state index contributed by atoms with van der Waals surface area (Å²) in [5, 5.41) is 11.3. The van der Waals surface area contributed by atoms with E-state index in [0.29, 0.717) is 12.0 Å². The maximum Gasteiger partial charge on any atom is 0.226 e. The third kappa shape index (κ3) is 2.30. The van der Waals surface area contributed by atoms with Crippen molar-refractivity contribution >= 4 is 22.8 Å². The van der Waals surface area contributed by atoms with Crippen molar-refractivity contribution in [3.05, 3.63) is 6.20 Å². The maximum absolute atomic E-state index is 4.72. The number of rotatable bonds is 5. The molecule has 0 amide bonds. The monoisotopic (exact) mass is 274 g/mol. The Labute approximate surface area is 119 Å². The van der Waals surface area contributed by atoms with Crippen LogP contribution in [0.25, 0.3) is 11.0 Å². The van der Waals surface area contributed by atoms with Crippen LogP contribution >= 0.6 is 0 Å². The van der Waals surface area contributed by atoms with Gasteiger partial charge in [0.1, 0.15) is 5.82 Å². The molecule has 108 valence electrons. The molecule has 0 bridgehead atoms. The van der Waals surface area contributed by atoms with Gasteiger partial charge in [0.05, 0.1) is 11.6 Å². The lowest BCUT2D eigenvalue weighted by Gasteiger charge is -2.29. The first-order valence-corrected chi connectivity index (χ1v) is 7.55. The summed E-state index contributed by atoms with van der Waals surface area (Å²) >= 11 is 0. The van der Waals surface area contributed by atoms with Gasteiger partial charge in [-0.1, -0.05) is 12.8 Å². The van der Waals surface area contributed by atoms with Gasteiger partial charge in [0.2, 0.25) is 5.95 Å². The van der Waals surface area contributed by atoms with Gasteiger partial charge in [-0.3, -0.25) is 5.10 Å². The van der Waals surface area contributed by atoms with Gasteiger partial charge in [0.25, 0.3) is 0 Å². The molecule has 0 aliphatic heterocycles. The molecule has 0 atom stereocenters. The van der Waals surface area contributed by atoms with Crippen LogP contribution in [0.3, 0.4) is 0 Å². The van der Waals surface area contributed by atoms with Crippen LogP contribution in [0.1, 0.15) is 39.5 Å². The second-order valence-corrected chi connectivity index (χ2v) is 5.26. The van der Waals surface area contributed by atoms with Crippen LogP contribution < -0.4 is 10.2 Å². The predicted molar refractivity (Wildman–Crippen MR) is 81.1 cm³/mol. The number of H-pyrrole nitrogens is 1. The van der Waals surface area contributed by atoms with E-state index in [-0.39, 0.29) is 0 Å². The maximum atomic E-state index is 4.72. The van der Waals surface area contributed by atoms with Gasteiger partial charge in [0, 0.05) is 19.1 Å². The molecule has 1 fully saturated rings. The van der Waals surface area contributed by atoms with Crippen molar-refractivity contribution in [2.75, 3.05) is 23.3 Å². The molecule has 0 unspecified atom stereocenters. The number of anilines is 2. The van der Waals surface area contributed by atoms with E-state index in [1.165, 1.54) is 25.7 Å². The largest absolute Gasteiger partial charge is 0.354 e. The van der Waals surface area contributed by atoms with Gasteiger partial charge in [0.15, 0.2) is 5.65 Å². The van der Waals surface area contributed by atoms with Crippen LogP contribution in [0, 0.1) is 0 Å². The Morgan fingerprint density at radius 3 is 2.80 bits per heavy atom. The summed E-state index contributed by atoms with van der Waals surface area (Å²) in [6.45, 7) is 6.02. The average Bonchev–Trinajstić information content (AvgIpc) is 3.10. The minimum absolute atomic E-state index is 0.600. The summed E-state index contributed by atoms with van der Waals surface area (Å²) in [5.74, 6) is 1.68. The lowest BCUT2D eigenvalue weighted by Crippen LogP contribution is -2.34. The highest BCUT2D eigenvalue weighted by Crippen LogP contribution is 2.31. The summed E-state index contributed by atoms with van der Waals surface area (Å²) in [4.78, 5) is 11.6. The molecule has 0 radical (unpaired) electrons. The molecule has 1 aliphatic rings. The number of hydrogen-bond donors (Lipinski definition) is 2. The molecule has 2 heterocycles. The number of fused-ring (bicyclic) bond motifs is 1. The Morgan fingerprint density at radius 1 is 1.30 bits per heavy atom. The van der Waals surface area contributed by atoms with Crippen molar-refractivity contribution < 1.29 is 0 Å². The highest BCUT2D eigenvalue weighted by Gasteiger charge is 2.25. The zero-order valence-electron chi connectivity index (χ0n) is 12.2. The van der Waals surface area contributed by atoms with Crippen LogP contribution in [0.5, 0.6) is 0 Å². The molecule has 2 aromatic heterocycles. The van der Waals surface area contributed by atoms with E-state index in [1.54, 1.807) is 0 Å². The second kappa shape index (κ2) is 5.64. The van der Waals surface area contributed by atoms with Crippen LogP contribution in [-0.4, -0.2) is 39.3 Å². The van der Waals surface area contributed by atoms with Gasteiger partial charge in [-0.15, -0.1) is 0 Å². The number of aromatic nitrogens is 4. The first kappa shape index (κ1) is 13.1. The molecule has 1 saturated carbocycles. The number of nitrogens with one attached hydrogen (secondary N) is 2. The molecular weight excluding hydrogens is 252 g/mol. The summed E-state index contributed by atoms with van der Waals surface area (Å²) in [6, 6.07) is 0.600. The molecule has 2 N–H and O–H groups in total. The zero-order valence-corrected chi connectivity index (χ0v) is 12.2. The van der Waals surface area contributed by atoms with Gasteiger partial charge < -0.3 is 10.2 Å². The Morgan fingerprint density at radius 2 is 2.10 bits per heavy atom. The van der Waals surface area contributed by atoms with Gasteiger partial charge in [-0.05, 0) is 26.7 Å². The average molecular weight is 274 g/mol. The minimum atomic E-state index is 0.600. The Bertz CT molecular complexity index is 572. The summed E-state index contributed by atoms with van der Waals surface area (Å²) in [5.41, 5.74) is 0.808. The van der Waals surface area contributed by atoms with E-state index in [1.807, 2.05) is 6.20 Å². The SMILES string of the molecule is CCNc1nc(N(CC)C2CCCC2)c2cn[nH]c2n1. The van der Waals surface area contributed by atoms with Crippen LogP contribution in [-0.2, 0) is 0 Å². The first-order chi connectivity index (χ1) is 9.83. The van der Waals surface area contributed by atoms with Crippen molar-refractivity contribution in [3.63, 3.8) is 0 Å². The van der Waals surface area contributed by atoms with E-state index in [2.05, 4.69) is 39.2 Å². The second-order valence-electron chi connectivity index (χ2n) is 5.26. The first-order valence-electron chi connectivity index (χ1n) is 7.55. The summed E-state index contributed by atoms with van der Waals surface area (Å²) < 4.78 is 0. The van der Waals surface area contributed by atoms with Gasteiger partial charge in [-0.25, -0.2) is 0 Å². The fourth-order valence-electron chi connectivity index (χ4n) is 3.07. The summed E-state index contributed by atoms with van der Waals surface area (Å²) in [6.07, 6.45) is 6.99. The minimum Gasteiger partial charge on any atom is -0.354 e. The molecular formula is C14H22N6. The van der Waals surface area contributed by atoms with E-state index in [4.69, 9.17) is 4.98 Å². The molecule has 6 heteroatoms. The molecule has 20 heavy (non-hydrogen) atoms. The van der Waals surface area contributed by atoms with E-state index >= 15 is 0 Å². The van der Waals surface area contributed by atoms with Crippen molar-refractivity contribution in [1.29, 1.82) is 0 Å². The topological polar surface area (TPSA) is 69.7 Å². The third-order valence-corrected chi connectivity index (χ3v) is 4.00. The molecule has 6 nitrogen and oxygen atoms in total. The number of hydrogen-bond acceptors (Lipinski definition) is 5. The molecule has 0 spiro atoms. The highest BCUT2D eigenvalue weighted by atomic mass is 15.3. The fraction of sp³-hybridized carbons (Fsp3) is 0.643. The number of nitrogens with zero attached hydrogens (tertiary/aromatic N) is 4. The summed E-state index contributed by atoms with van der Waals surface area (Å²) in [7, 11) is 0. The molecule has 3 rings (SSSR count). The van der Waals surface area contributed by atoms with Crippen molar-refractivity contribution in [1.82, 2.24) is 20.2 Å². The Kier molecular flexibility index (Phi) is 3.71. The van der Waals surface area contributed by atoms with Crippen molar-refractivity contribution in [2.24, 2.45) is 0 Å². The Balaban J connectivity index is 2.04. The zero-order chi connectivity index (χ0) is 13.9. The van der Waals surface area contributed by atoms with Gasteiger partial charge in [-0.2, -0.15) is 15.1 Å². The number of aromatic amines is 1. The van der Waals surface area contributed by atoms with E-state index in [0.717, 1.165) is 29.9 Å². The lowest BCUT2D eigenvalue weighted by molar-refractivity contribution is 0.615. The fourth-order valence-corrected chi connectivity index (χ4v) is 3.07.